The summed E-state index contributed by atoms with van der Waals surface area (Å²) >= 11 is 0. The quantitative estimate of drug-likeness (QED) is 0.328. The van der Waals surface area contributed by atoms with Crippen LogP contribution >= 0.6 is 0 Å². The molecule has 0 saturated carbocycles. The van der Waals surface area contributed by atoms with Crippen molar-refractivity contribution in [2.75, 3.05) is 0 Å². The maximum Gasteiger partial charge on any atom is 0.278 e. The molecule has 0 N–H and O–H groups in total. The molecule has 0 aromatic carbocycles. The Bertz CT molecular complexity index is 227. The van der Waals surface area contributed by atoms with Crippen molar-refractivity contribution in [3.8, 4) is 0 Å². The van der Waals surface area contributed by atoms with Crippen LogP contribution in [0.5, 0.6) is 0 Å². The van der Waals surface area contributed by atoms with E-state index in [4.69, 9.17) is 8.95 Å². The first-order chi connectivity index (χ1) is 6.51. The largest absolute Gasteiger partial charge is 0.532 e. The van der Waals surface area contributed by atoms with Crippen LogP contribution in [0.15, 0.2) is 5.16 Å². The van der Waals surface area contributed by atoms with Crippen molar-refractivity contribution >= 4 is 22.5 Å². The van der Waals surface area contributed by atoms with Crippen LogP contribution in [0, 0.1) is 5.92 Å². The molecular formula is C10H25NO2Si2. The fourth-order valence-corrected chi connectivity index (χ4v) is 2.00. The van der Waals surface area contributed by atoms with Crippen molar-refractivity contribution in [3.05, 3.63) is 0 Å². The Morgan fingerprint density at radius 3 is 1.67 bits per heavy atom. The van der Waals surface area contributed by atoms with E-state index in [1.165, 1.54) is 0 Å². The highest BCUT2D eigenvalue weighted by Crippen LogP contribution is 2.11. The van der Waals surface area contributed by atoms with E-state index >= 15 is 0 Å². The predicted molar refractivity (Wildman–Crippen MR) is 71.1 cm³/mol. The van der Waals surface area contributed by atoms with Gasteiger partial charge in [-0.15, -0.1) is 0 Å². The van der Waals surface area contributed by atoms with Crippen LogP contribution < -0.4 is 0 Å². The molecule has 0 radical (unpaired) electrons. The zero-order valence-corrected chi connectivity index (χ0v) is 13.3. The molecule has 0 fully saturated rings. The molecule has 0 bridgehead atoms. The molecule has 0 aromatic rings. The van der Waals surface area contributed by atoms with Crippen LogP contribution in [-0.4, -0.2) is 22.5 Å². The van der Waals surface area contributed by atoms with Crippen LogP contribution in [-0.2, 0) is 8.95 Å². The summed E-state index contributed by atoms with van der Waals surface area (Å²) in [6.07, 6.45) is 0. The first-order valence-electron chi connectivity index (χ1n) is 5.46. The molecule has 90 valence electrons. The van der Waals surface area contributed by atoms with Gasteiger partial charge in [-0.1, -0.05) is 19.0 Å². The molecular weight excluding hydrogens is 222 g/mol. The molecule has 0 atom stereocenters. The number of nitrogens with zero attached hydrogens (tertiary/aromatic N) is 1. The molecule has 5 heteroatoms. The van der Waals surface area contributed by atoms with Crippen LogP contribution in [0.25, 0.3) is 0 Å². The van der Waals surface area contributed by atoms with Crippen LogP contribution in [0.2, 0.25) is 39.3 Å². The molecule has 0 saturated heterocycles. The average Bonchev–Trinajstić information content (AvgIpc) is 1.93. The summed E-state index contributed by atoms with van der Waals surface area (Å²) in [6.45, 7) is 17.0. The van der Waals surface area contributed by atoms with E-state index in [2.05, 4.69) is 58.3 Å². The van der Waals surface area contributed by atoms with E-state index in [-0.39, 0.29) is 5.92 Å². The van der Waals surface area contributed by atoms with E-state index in [0.29, 0.717) is 0 Å². The molecule has 15 heavy (non-hydrogen) atoms. The van der Waals surface area contributed by atoms with E-state index in [1.807, 2.05) is 0 Å². The predicted octanol–water partition coefficient (Wildman–Crippen LogP) is 3.66. The van der Waals surface area contributed by atoms with Gasteiger partial charge in [0.25, 0.3) is 8.32 Å². The lowest BCUT2D eigenvalue weighted by atomic mass is 10.2. The topological polar surface area (TPSA) is 30.8 Å². The monoisotopic (exact) mass is 247 g/mol. The molecule has 0 spiro atoms. The SMILES string of the molecule is CC(C)/C(=N/O[Si](C)(C)C)O[Si](C)(C)C. The third-order valence-corrected chi connectivity index (χ3v) is 2.77. The van der Waals surface area contributed by atoms with Gasteiger partial charge in [0, 0.05) is 5.92 Å². The van der Waals surface area contributed by atoms with Gasteiger partial charge in [0.1, 0.15) is 0 Å². The smallest absolute Gasteiger partial charge is 0.278 e. The number of hydrogen-bond donors (Lipinski definition) is 0. The van der Waals surface area contributed by atoms with Crippen LogP contribution in [0.4, 0.5) is 0 Å². The summed E-state index contributed by atoms with van der Waals surface area (Å²) in [7, 11) is -3.17. The fourth-order valence-electron chi connectivity index (χ4n) is 0.738. The lowest BCUT2D eigenvalue weighted by Crippen LogP contribution is -2.33. The molecule has 0 heterocycles. The Hall–Kier alpha value is -0.296. The Morgan fingerprint density at radius 2 is 1.40 bits per heavy atom. The average molecular weight is 247 g/mol. The zero-order valence-electron chi connectivity index (χ0n) is 11.3. The molecule has 0 aliphatic rings. The second-order valence-electron chi connectivity index (χ2n) is 6.00. The summed E-state index contributed by atoms with van der Waals surface area (Å²) in [5.74, 6) is 1.03. The molecule has 0 aliphatic carbocycles. The van der Waals surface area contributed by atoms with Gasteiger partial charge in [0.2, 0.25) is 14.2 Å². The number of rotatable bonds is 4. The minimum Gasteiger partial charge on any atom is -0.532 e. The standard InChI is InChI=1S/C10H25NO2Si2/c1-9(2)10(12-14(3,4)5)11-13-15(6,7)8/h9H,1-8H3/b11-10-. The second kappa shape index (κ2) is 5.16. The molecule has 0 aromatic heterocycles. The lowest BCUT2D eigenvalue weighted by molar-refractivity contribution is 0.311. The van der Waals surface area contributed by atoms with Crippen molar-refractivity contribution in [3.63, 3.8) is 0 Å². The summed E-state index contributed by atoms with van der Waals surface area (Å²) in [5, 5.41) is 4.17. The van der Waals surface area contributed by atoms with Gasteiger partial charge in [0.15, 0.2) is 0 Å². The normalized spacial score (nSPS) is 14.3. The van der Waals surface area contributed by atoms with Gasteiger partial charge < -0.3 is 8.95 Å². The Kier molecular flexibility index (Phi) is 5.06. The zero-order chi connectivity index (χ0) is 12.3. The van der Waals surface area contributed by atoms with Crippen LogP contribution in [0.3, 0.4) is 0 Å². The maximum absolute atomic E-state index is 5.88. The molecule has 0 unspecified atom stereocenters. The molecule has 0 aliphatic heterocycles. The van der Waals surface area contributed by atoms with Crippen molar-refractivity contribution in [2.45, 2.75) is 53.1 Å². The van der Waals surface area contributed by atoms with Crippen molar-refractivity contribution in [1.29, 1.82) is 0 Å². The van der Waals surface area contributed by atoms with Gasteiger partial charge in [-0.05, 0) is 39.3 Å². The number of oxime groups is 1. The van der Waals surface area contributed by atoms with Crippen LogP contribution in [0.1, 0.15) is 13.8 Å². The molecule has 3 nitrogen and oxygen atoms in total. The highest BCUT2D eigenvalue weighted by Gasteiger charge is 2.22. The van der Waals surface area contributed by atoms with Gasteiger partial charge in [-0.25, -0.2) is 0 Å². The third kappa shape index (κ3) is 8.68. The molecule has 0 rings (SSSR count). The van der Waals surface area contributed by atoms with Crippen molar-refractivity contribution in [2.24, 2.45) is 11.1 Å². The van der Waals surface area contributed by atoms with Gasteiger partial charge in [-0.3, -0.25) is 0 Å². The first kappa shape index (κ1) is 14.7. The van der Waals surface area contributed by atoms with Gasteiger partial charge in [0.05, 0.1) is 0 Å². The first-order valence-corrected chi connectivity index (χ1v) is 12.3. The minimum absolute atomic E-state index is 0.285. The van der Waals surface area contributed by atoms with Gasteiger partial charge >= 0.3 is 0 Å². The highest BCUT2D eigenvalue weighted by molar-refractivity contribution is 6.71. The van der Waals surface area contributed by atoms with Crippen molar-refractivity contribution < 1.29 is 8.95 Å². The summed E-state index contributed by atoms with van der Waals surface area (Å²) in [5.41, 5.74) is 0. The van der Waals surface area contributed by atoms with Gasteiger partial charge in [-0.2, -0.15) is 0 Å². The Balaban J connectivity index is 4.54. The Morgan fingerprint density at radius 1 is 0.933 bits per heavy atom. The van der Waals surface area contributed by atoms with E-state index in [0.717, 1.165) is 5.90 Å². The fraction of sp³-hybridized carbons (Fsp3) is 0.900. The number of hydrogen-bond acceptors (Lipinski definition) is 3. The summed E-state index contributed by atoms with van der Waals surface area (Å²) < 4.78 is 11.4. The second-order valence-corrected chi connectivity index (χ2v) is 14.8. The van der Waals surface area contributed by atoms with E-state index in [9.17, 15) is 0 Å². The Labute approximate surface area is 96.1 Å². The van der Waals surface area contributed by atoms with Crippen molar-refractivity contribution in [1.82, 2.24) is 0 Å². The highest BCUT2D eigenvalue weighted by atomic mass is 28.4. The molecule has 0 amide bonds. The lowest BCUT2D eigenvalue weighted by Gasteiger charge is -2.23. The maximum atomic E-state index is 5.88. The van der Waals surface area contributed by atoms with E-state index < -0.39 is 16.6 Å². The third-order valence-electron chi connectivity index (χ3n) is 1.31. The minimum atomic E-state index is -1.59. The van der Waals surface area contributed by atoms with E-state index in [1.54, 1.807) is 0 Å². The summed E-state index contributed by atoms with van der Waals surface area (Å²) in [6, 6.07) is 0. The summed E-state index contributed by atoms with van der Waals surface area (Å²) in [4.78, 5) is 0.